The maximum absolute atomic E-state index is 5.28. The van der Waals surface area contributed by atoms with E-state index >= 15 is 0 Å². The van der Waals surface area contributed by atoms with Gasteiger partial charge in [-0.3, -0.25) is 9.80 Å². The van der Waals surface area contributed by atoms with Crippen LogP contribution in [0.1, 0.15) is 35.7 Å². The maximum Gasteiger partial charge on any atom is 0.118 e. The molecule has 0 bridgehead atoms. The Labute approximate surface area is 154 Å². The lowest BCUT2D eigenvalue weighted by Crippen LogP contribution is -2.45. The van der Waals surface area contributed by atoms with E-state index < -0.39 is 0 Å². The van der Waals surface area contributed by atoms with Crippen molar-refractivity contribution in [3.05, 3.63) is 52.2 Å². The quantitative estimate of drug-likeness (QED) is 0.820. The van der Waals surface area contributed by atoms with Crippen LogP contribution in [0.15, 0.2) is 41.8 Å². The molecule has 3 aliphatic rings. The Kier molecular flexibility index (Phi) is 3.88. The van der Waals surface area contributed by atoms with Crippen molar-refractivity contribution in [2.45, 2.75) is 37.4 Å². The number of methoxy groups -OCH3 is 1. The Morgan fingerprint density at radius 3 is 2.88 bits per heavy atom. The summed E-state index contributed by atoms with van der Waals surface area (Å²) < 4.78 is 5.28. The van der Waals surface area contributed by atoms with E-state index in [-0.39, 0.29) is 0 Å². The van der Waals surface area contributed by atoms with Crippen LogP contribution < -0.4 is 4.74 Å². The predicted molar refractivity (Wildman–Crippen MR) is 102 cm³/mol. The maximum atomic E-state index is 5.28. The van der Waals surface area contributed by atoms with Gasteiger partial charge in [-0.05, 0) is 60.9 Å². The molecule has 1 spiro atoms. The lowest BCUT2D eigenvalue weighted by Gasteiger charge is -2.35. The zero-order valence-corrected chi connectivity index (χ0v) is 15.7. The molecule has 0 unspecified atom stereocenters. The lowest BCUT2D eigenvalue weighted by molar-refractivity contribution is 0.132. The largest absolute Gasteiger partial charge is 0.497 e. The summed E-state index contributed by atoms with van der Waals surface area (Å²) in [7, 11) is 1.73. The minimum absolute atomic E-state index is 0.446. The molecule has 0 N–H and O–H groups in total. The molecule has 2 aromatic rings. The number of rotatable bonds is 4. The monoisotopic (exact) mass is 354 g/mol. The van der Waals surface area contributed by atoms with Gasteiger partial charge in [0.1, 0.15) is 5.75 Å². The highest BCUT2D eigenvalue weighted by Gasteiger charge is 2.59. The summed E-state index contributed by atoms with van der Waals surface area (Å²) in [5.41, 5.74) is 1.85. The van der Waals surface area contributed by atoms with Crippen molar-refractivity contribution in [3.63, 3.8) is 0 Å². The van der Waals surface area contributed by atoms with Gasteiger partial charge in [0, 0.05) is 36.1 Å². The second-order valence-electron chi connectivity index (χ2n) is 7.88. The smallest absolute Gasteiger partial charge is 0.118 e. The van der Waals surface area contributed by atoms with Crippen LogP contribution in [-0.2, 0) is 6.54 Å². The molecule has 5 rings (SSSR count). The first-order valence-electron chi connectivity index (χ1n) is 9.44. The zero-order valence-electron chi connectivity index (χ0n) is 14.9. The number of benzene rings is 1. The van der Waals surface area contributed by atoms with Gasteiger partial charge in [-0.15, -0.1) is 11.3 Å². The van der Waals surface area contributed by atoms with Crippen molar-refractivity contribution < 1.29 is 4.74 Å². The molecule has 3 fully saturated rings. The molecule has 3 atom stereocenters. The van der Waals surface area contributed by atoms with Crippen molar-refractivity contribution in [1.29, 1.82) is 0 Å². The van der Waals surface area contributed by atoms with Gasteiger partial charge in [-0.1, -0.05) is 18.2 Å². The molecule has 25 heavy (non-hydrogen) atoms. The normalized spacial score (nSPS) is 32.0. The number of hydrogen-bond acceptors (Lipinski definition) is 4. The Morgan fingerprint density at radius 2 is 2.12 bits per heavy atom. The number of thiophene rings is 1. The van der Waals surface area contributed by atoms with Gasteiger partial charge in [0.25, 0.3) is 0 Å². The van der Waals surface area contributed by atoms with E-state index in [0.717, 1.165) is 18.2 Å². The first-order valence-corrected chi connectivity index (χ1v) is 10.3. The van der Waals surface area contributed by atoms with E-state index in [1.54, 1.807) is 12.0 Å². The first-order chi connectivity index (χ1) is 12.3. The van der Waals surface area contributed by atoms with Gasteiger partial charge in [0.15, 0.2) is 0 Å². The predicted octanol–water partition coefficient (Wildman–Crippen LogP) is 4.17. The summed E-state index contributed by atoms with van der Waals surface area (Å²) in [5.74, 6) is 1.78. The zero-order chi connectivity index (χ0) is 16.9. The molecular weight excluding hydrogens is 328 g/mol. The Morgan fingerprint density at radius 1 is 1.24 bits per heavy atom. The van der Waals surface area contributed by atoms with Crippen molar-refractivity contribution in [2.75, 3.05) is 26.7 Å². The van der Waals surface area contributed by atoms with E-state index in [2.05, 4.69) is 51.6 Å². The third-order valence-corrected chi connectivity index (χ3v) is 7.61. The van der Waals surface area contributed by atoms with Gasteiger partial charge < -0.3 is 4.74 Å². The first kappa shape index (κ1) is 15.9. The summed E-state index contributed by atoms with van der Waals surface area (Å²) in [6.45, 7) is 4.85. The molecule has 4 heterocycles. The minimum atomic E-state index is 0.446. The van der Waals surface area contributed by atoms with Crippen LogP contribution in [0.3, 0.4) is 0 Å². The molecule has 0 aliphatic carbocycles. The van der Waals surface area contributed by atoms with E-state index in [1.165, 1.54) is 44.5 Å². The highest BCUT2D eigenvalue weighted by molar-refractivity contribution is 7.10. The third kappa shape index (κ3) is 2.54. The van der Waals surface area contributed by atoms with Gasteiger partial charge in [0.2, 0.25) is 0 Å². The summed E-state index contributed by atoms with van der Waals surface area (Å²) in [6, 6.07) is 13.8. The summed E-state index contributed by atoms with van der Waals surface area (Å²) in [6.07, 6.45) is 4.10. The van der Waals surface area contributed by atoms with Gasteiger partial charge in [0.05, 0.1) is 7.11 Å². The van der Waals surface area contributed by atoms with Crippen LogP contribution in [-0.4, -0.2) is 42.1 Å². The summed E-state index contributed by atoms with van der Waals surface area (Å²) >= 11 is 1.94. The van der Waals surface area contributed by atoms with Crippen molar-refractivity contribution >= 4 is 11.3 Å². The molecule has 1 aromatic carbocycles. The molecule has 0 saturated carbocycles. The molecule has 3 aliphatic heterocycles. The van der Waals surface area contributed by atoms with Crippen LogP contribution >= 0.6 is 11.3 Å². The van der Waals surface area contributed by atoms with E-state index in [9.17, 15) is 0 Å². The Hall–Kier alpha value is -1.36. The van der Waals surface area contributed by atoms with Crippen LogP contribution in [0.5, 0.6) is 5.75 Å². The minimum Gasteiger partial charge on any atom is -0.497 e. The highest BCUT2D eigenvalue weighted by Crippen LogP contribution is 2.56. The van der Waals surface area contributed by atoms with Gasteiger partial charge in [-0.25, -0.2) is 0 Å². The fourth-order valence-corrected chi connectivity index (χ4v) is 6.46. The van der Waals surface area contributed by atoms with Crippen LogP contribution in [0.4, 0.5) is 0 Å². The SMILES string of the molecule is COc1ccc(CN2C[C@@H]3C[C@@H](c4cccs4)N4CCC[C@]34C2)cc1. The molecule has 4 heteroatoms. The standard InChI is InChI=1S/C21H26N2OS/c1-24-18-7-5-16(6-8-18)13-22-14-17-12-19(20-4-2-11-25-20)23-10-3-9-21(17,23)15-22/h2,4-8,11,17,19H,3,9-10,12-15H2,1H3/t17-,19-,21-/m0/s1. The fourth-order valence-electron chi connectivity index (χ4n) is 5.61. The second-order valence-corrected chi connectivity index (χ2v) is 8.86. The molecule has 1 aromatic heterocycles. The highest BCUT2D eigenvalue weighted by atomic mass is 32.1. The average molecular weight is 355 g/mol. The number of ether oxygens (including phenoxy) is 1. The van der Waals surface area contributed by atoms with Gasteiger partial charge in [-0.2, -0.15) is 0 Å². The summed E-state index contributed by atoms with van der Waals surface area (Å²) in [5, 5.41) is 2.24. The van der Waals surface area contributed by atoms with E-state index in [1.807, 2.05) is 11.3 Å². The lowest BCUT2D eigenvalue weighted by atomic mass is 9.86. The fraction of sp³-hybridized carbons (Fsp3) is 0.524. The molecule has 132 valence electrons. The number of nitrogens with zero attached hydrogens (tertiary/aromatic N) is 2. The van der Waals surface area contributed by atoms with Gasteiger partial charge >= 0.3 is 0 Å². The molecular formula is C21H26N2OS. The van der Waals surface area contributed by atoms with Crippen molar-refractivity contribution in [3.8, 4) is 5.75 Å². The van der Waals surface area contributed by atoms with Crippen LogP contribution in [0, 0.1) is 5.92 Å². The summed E-state index contributed by atoms with van der Waals surface area (Å²) in [4.78, 5) is 7.14. The molecule has 0 radical (unpaired) electrons. The van der Waals surface area contributed by atoms with Crippen molar-refractivity contribution in [1.82, 2.24) is 9.80 Å². The number of hydrogen-bond donors (Lipinski definition) is 0. The van der Waals surface area contributed by atoms with Crippen LogP contribution in [0.25, 0.3) is 0 Å². The molecule has 0 amide bonds. The second kappa shape index (κ2) is 6.11. The van der Waals surface area contributed by atoms with E-state index in [0.29, 0.717) is 11.6 Å². The van der Waals surface area contributed by atoms with Crippen LogP contribution in [0.2, 0.25) is 0 Å². The molecule has 3 saturated heterocycles. The molecule has 3 nitrogen and oxygen atoms in total. The Bertz CT molecular complexity index is 729. The third-order valence-electron chi connectivity index (χ3n) is 6.64. The Balaban J connectivity index is 1.33. The average Bonchev–Trinajstić information content (AvgIpc) is 3.37. The van der Waals surface area contributed by atoms with Crippen molar-refractivity contribution in [2.24, 2.45) is 5.92 Å². The topological polar surface area (TPSA) is 15.7 Å². The van der Waals surface area contributed by atoms with E-state index in [4.69, 9.17) is 4.74 Å². The number of likely N-dealkylation sites (tertiary alicyclic amines) is 1.